The quantitative estimate of drug-likeness (QED) is 0.681. The largest absolute Gasteiger partial charge is 0.393 e. The van der Waals surface area contributed by atoms with Gasteiger partial charge >= 0.3 is 0 Å². The van der Waals surface area contributed by atoms with Gasteiger partial charge in [0.2, 0.25) is 5.91 Å². The molecule has 3 rings (SSSR count). The van der Waals surface area contributed by atoms with Crippen LogP contribution in [0.1, 0.15) is 51.4 Å². The van der Waals surface area contributed by atoms with Gasteiger partial charge in [-0.15, -0.1) is 24.8 Å². The third-order valence-corrected chi connectivity index (χ3v) is 5.87. The molecule has 0 bridgehead atoms. The van der Waals surface area contributed by atoms with Gasteiger partial charge in [-0.1, -0.05) is 31.4 Å². The number of nitrogens with zero attached hydrogens (tertiary/aromatic N) is 1. The van der Waals surface area contributed by atoms with Gasteiger partial charge < -0.3 is 21.1 Å². The first-order valence-corrected chi connectivity index (χ1v) is 9.64. The molecule has 0 spiro atoms. The normalized spacial score (nSPS) is 19.6. The SMILES string of the molecule is Cl.Cl.NCC1(CC(=O)Nc2ccccc2N2CCC(O)CC2)CCCCC1. The van der Waals surface area contributed by atoms with E-state index in [1.807, 2.05) is 24.3 Å². The van der Waals surface area contributed by atoms with Gasteiger partial charge in [-0.3, -0.25) is 4.79 Å². The maximum absolute atomic E-state index is 12.7. The highest BCUT2D eigenvalue weighted by atomic mass is 35.5. The molecule has 154 valence electrons. The number of aliphatic hydroxyl groups excluding tert-OH is 1. The number of piperidine rings is 1. The number of para-hydroxylation sites is 2. The van der Waals surface area contributed by atoms with E-state index in [1.54, 1.807) is 0 Å². The van der Waals surface area contributed by atoms with Crippen molar-refractivity contribution >= 4 is 42.1 Å². The summed E-state index contributed by atoms with van der Waals surface area (Å²) in [4.78, 5) is 15.0. The molecular weight excluding hydrogens is 385 g/mol. The first-order valence-electron chi connectivity index (χ1n) is 9.64. The molecule has 1 amide bonds. The number of nitrogens with one attached hydrogen (secondary N) is 1. The van der Waals surface area contributed by atoms with Gasteiger partial charge in [0.15, 0.2) is 0 Å². The Balaban J connectivity index is 0.00000182. The lowest BCUT2D eigenvalue weighted by Crippen LogP contribution is -2.37. The molecule has 27 heavy (non-hydrogen) atoms. The molecule has 1 aliphatic heterocycles. The minimum atomic E-state index is -0.200. The summed E-state index contributed by atoms with van der Waals surface area (Å²) in [6, 6.07) is 7.97. The summed E-state index contributed by atoms with van der Waals surface area (Å²) in [7, 11) is 0. The number of benzene rings is 1. The summed E-state index contributed by atoms with van der Waals surface area (Å²) in [5, 5.41) is 12.8. The predicted molar refractivity (Wildman–Crippen MR) is 116 cm³/mol. The Labute approximate surface area is 174 Å². The van der Waals surface area contributed by atoms with Crippen LogP contribution in [0, 0.1) is 5.41 Å². The third kappa shape index (κ3) is 6.24. The number of carbonyl (C=O) groups is 1. The summed E-state index contributed by atoms with van der Waals surface area (Å²) in [6.07, 6.45) is 7.59. The number of carbonyl (C=O) groups excluding carboxylic acids is 1. The standard InChI is InChI=1S/C20H31N3O2.2ClH/c21-15-20(10-4-1-5-11-20)14-19(25)22-17-6-2-3-7-18(17)23-12-8-16(24)9-13-23;;/h2-3,6-7,16,24H,1,4-5,8-15,21H2,(H,22,25);2*1H. The molecule has 0 aromatic heterocycles. The molecule has 1 saturated carbocycles. The van der Waals surface area contributed by atoms with Crippen molar-refractivity contribution in [3.8, 4) is 0 Å². The molecule has 1 aromatic carbocycles. The zero-order valence-corrected chi connectivity index (χ0v) is 17.5. The maximum Gasteiger partial charge on any atom is 0.225 e. The van der Waals surface area contributed by atoms with E-state index in [0.717, 1.165) is 50.1 Å². The molecule has 4 N–H and O–H groups in total. The summed E-state index contributed by atoms with van der Waals surface area (Å²) in [6.45, 7) is 2.23. The lowest BCUT2D eigenvalue weighted by molar-refractivity contribution is -0.118. The average molecular weight is 418 g/mol. The predicted octanol–water partition coefficient (Wildman–Crippen LogP) is 3.73. The molecule has 2 fully saturated rings. The fraction of sp³-hybridized carbons (Fsp3) is 0.650. The molecular formula is C20H33Cl2N3O2. The van der Waals surface area contributed by atoms with Gasteiger partial charge in [0.1, 0.15) is 0 Å². The average Bonchev–Trinajstić information content (AvgIpc) is 2.64. The van der Waals surface area contributed by atoms with Crippen molar-refractivity contribution < 1.29 is 9.90 Å². The minimum Gasteiger partial charge on any atom is -0.393 e. The van der Waals surface area contributed by atoms with Crippen LogP contribution in [0.2, 0.25) is 0 Å². The number of amides is 1. The lowest BCUT2D eigenvalue weighted by Gasteiger charge is -2.36. The molecule has 1 aromatic rings. The van der Waals surface area contributed by atoms with Gasteiger partial charge in [-0.2, -0.15) is 0 Å². The number of hydrogen-bond donors (Lipinski definition) is 3. The summed E-state index contributed by atoms with van der Waals surface area (Å²) < 4.78 is 0. The Hall–Kier alpha value is -1.01. The van der Waals surface area contributed by atoms with Gasteiger partial charge in [0, 0.05) is 19.5 Å². The molecule has 2 aliphatic rings. The zero-order valence-electron chi connectivity index (χ0n) is 15.9. The van der Waals surface area contributed by atoms with Crippen molar-refractivity contribution in [3.63, 3.8) is 0 Å². The third-order valence-electron chi connectivity index (χ3n) is 5.87. The van der Waals surface area contributed by atoms with Crippen LogP contribution in [0.3, 0.4) is 0 Å². The molecule has 0 unspecified atom stereocenters. The van der Waals surface area contributed by atoms with Crippen LogP contribution < -0.4 is 16.0 Å². The Morgan fingerprint density at radius 3 is 2.41 bits per heavy atom. The van der Waals surface area contributed by atoms with Crippen molar-refractivity contribution in [2.75, 3.05) is 29.9 Å². The highest BCUT2D eigenvalue weighted by Crippen LogP contribution is 2.39. The van der Waals surface area contributed by atoms with Crippen LogP contribution in [0.4, 0.5) is 11.4 Å². The second-order valence-corrected chi connectivity index (χ2v) is 7.73. The second-order valence-electron chi connectivity index (χ2n) is 7.73. The smallest absolute Gasteiger partial charge is 0.225 e. The lowest BCUT2D eigenvalue weighted by atomic mass is 9.71. The van der Waals surface area contributed by atoms with E-state index < -0.39 is 0 Å². The van der Waals surface area contributed by atoms with Gasteiger partial charge in [-0.25, -0.2) is 0 Å². The van der Waals surface area contributed by atoms with Crippen LogP contribution in [0.5, 0.6) is 0 Å². The monoisotopic (exact) mass is 417 g/mol. The van der Waals surface area contributed by atoms with Crippen molar-refractivity contribution in [1.82, 2.24) is 0 Å². The summed E-state index contributed by atoms with van der Waals surface area (Å²) in [5.41, 5.74) is 7.92. The first kappa shape index (κ1) is 24.0. The minimum absolute atomic E-state index is 0. The van der Waals surface area contributed by atoms with E-state index in [1.165, 1.54) is 19.3 Å². The number of aliphatic hydroxyl groups is 1. The van der Waals surface area contributed by atoms with Crippen molar-refractivity contribution in [1.29, 1.82) is 0 Å². The van der Waals surface area contributed by atoms with E-state index in [0.29, 0.717) is 13.0 Å². The molecule has 1 aliphatic carbocycles. The first-order chi connectivity index (χ1) is 12.1. The summed E-state index contributed by atoms with van der Waals surface area (Å²) >= 11 is 0. The van der Waals surface area contributed by atoms with Crippen LogP contribution in [-0.4, -0.2) is 36.8 Å². The fourth-order valence-corrected chi connectivity index (χ4v) is 4.25. The Kier molecular flexibility index (Phi) is 9.88. The van der Waals surface area contributed by atoms with Crippen LogP contribution >= 0.6 is 24.8 Å². The Morgan fingerprint density at radius 2 is 1.78 bits per heavy atom. The Bertz CT molecular complexity index is 586. The maximum atomic E-state index is 12.7. The molecule has 1 heterocycles. The van der Waals surface area contributed by atoms with E-state index in [-0.39, 0.29) is 42.2 Å². The number of rotatable bonds is 5. The van der Waals surface area contributed by atoms with Crippen LogP contribution in [-0.2, 0) is 4.79 Å². The van der Waals surface area contributed by atoms with E-state index in [9.17, 15) is 9.90 Å². The number of anilines is 2. The van der Waals surface area contributed by atoms with Crippen molar-refractivity contribution in [2.24, 2.45) is 11.1 Å². The molecule has 1 saturated heterocycles. The van der Waals surface area contributed by atoms with E-state index in [2.05, 4.69) is 10.2 Å². The van der Waals surface area contributed by atoms with E-state index >= 15 is 0 Å². The van der Waals surface area contributed by atoms with Gasteiger partial charge in [0.25, 0.3) is 0 Å². The molecule has 7 heteroatoms. The van der Waals surface area contributed by atoms with Crippen LogP contribution in [0.15, 0.2) is 24.3 Å². The zero-order chi connectivity index (χ0) is 17.7. The topological polar surface area (TPSA) is 78.6 Å². The van der Waals surface area contributed by atoms with E-state index in [4.69, 9.17) is 5.73 Å². The van der Waals surface area contributed by atoms with Crippen LogP contribution in [0.25, 0.3) is 0 Å². The molecule has 5 nitrogen and oxygen atoms in total. The van der Waals surface area contributed by atoms with Gasteiger partial charge in [-0.05, 0) is 49.8 Å². The fourth-order valence-electron chi connectivity index (χ4n) is 4.25. The molecule has 0 atom stereocenters. The highest BCUT2D eigenvalue weighted by molar-refractivity contribution is 5.94. The number of nitrogens with two attached hydrogens (primary N) is 1. The van der Waals surface area contributed by atoms with Gasteiger partial charge in [0.05, 0.1) is 17.5 Å². The second kappa shape index (κ2) is 11.1. The number of hydrogen-bond acceptors (Lipinski definition) is 4. The highest BCUT2D eigenvalue weighted by Gasteiger charge is 2.33. The van der Waals surface area contributed by atoms with Crippen molar-refractivity contribution in [3.05, 3.63) is 24.3 Å². The number of halogens is 2. The Morgan fingerprint density at radius 1 is 1.15 bits per heavy atom. The molecule has 0 radical (unpaired) electrons. The summed E-state index contributed by atoms with van der Waals surface area (Å²) in [5.74, 6) is 0.0665. The van der Waals surface area contributed by atoms with Crippen molar-refractivity contribution in [2.45, 2.75) is 57.5 Å².